The minimum Gasteiger partial charge on any atom is -0.508 e. The highest BCUT2D eigenvalue weighted by Crippen LogP contribution is 2.22. The first kappa shape index (κ1) is 10.5. The van der Waals surface area contributed by atoms with E-state index < -0.39 is 11.9 Å². The molecule has 4 nitrogen and oxygen atoms in total. The van der Waals surface area contributed by atoms with Gasteiger partial charge < -0.3 is 16.2 Å². The lowest BCUT2D eigenvalue weighted by atomic mass is 10.1. The Morgan fingerprint density at radius 3 is 2.71 bits per heavy atom. The zero-order valence-corrected chi connectivity index (χ0v) is 8.03. The summed E-state index contributed by atoms with van der Waals surface area (Å²) >= 11 is 0. The highest BCUT2D eigenvalue weighted by Gasteiger charge is 2.18. The predicted molar refractivity (Wildman–Crippen MR) is 53.7 cm³/mol. The van der Waals surface area contributed by atoms with Crippen LogP contribution in [-0.4, -0.2) is 17.6 Å². The smallest absolute Gasteiger partial charge is 0.239 e. The fraction of sp³-hybridized carbons (Fsp3) is 0.300. The third-order valence-corrected chi connectivity index (χ3v) is 1.94. The standard InChI is InChI=1S/C10H14N2O2/c1-2-12-9(10(11)14)7-5-3-4-6-8(7)13/h3-6,9,12-13H,2H2,1H3,(H2,11,14). The van der Waals surface area contributed by atoms with E-state index in [0.29, 0.717) is 12.1 Å². The van der Waals surface area contributed by atoms with Crippen molar-refractivity contribution in [1.29, 1.82) is 0 Å². The van der Waals surface area contributed by atoms with Crippen LogP contribution < -0.4 is 11.1 Å². The van der Waals surface area contributed by atoms with E-state index in [1.165, 1.54) is 6.07 Å². The number of amides is 1. The Labute approximate surface area is 82.7 Å². The maximum Gasteiger partial charge on any atom is 0.239 e. The first-order chi connectivity index (χ1) is 6.66. The Kier molecular flexibility index (Phi) is 3.48. The van der Waals surface area contributed by atoms with Crippen LogP contribution in [0.5, 0.6) is 5.75 Å². The van der Waals surface area contributed by atoms with E-state index in [9.17, 15) is 9.90 Å². The maximum absolute atomic E-state index is 11.1. The first-order valence-electron chi connectivity index (χ1n) is 4.47. The van der Waals surface area contributed by atoms with E-state index in [1.54, 1.807) is 18.2 Å². The maximum atomic E-state index is 11.1. The van der Waals surface area contributed by atoms with Gasteiger partial charge in [-0.3, -0.25) is 4.79 Å². The third-order valence-electron chi connectivity index (χ3n) is 1.94. The number of nitrogens with one attached hydrogen (secondary N) is 1. The summed E-state index contributed by atoms with van der Waals surface area (Å²) in [7, 11) is 0. The van der Waals surface area contributed by atoms with Crippen LogP contribution in [0.4, 0.5) is 0 Å². The molecular formula is C10H14N2O2. The molecule has 1 atom stereocenters. The summed E-state index contributed by atoms with van der Waals surface area (Å²) < 4.78 is 0. The van der Waals surface area contributed by atoms with Crippen molar-refractivity contribution in [3.05, 3.63) is 29.8 Å². The van der Waals surface area contributed by atoms with E-state index >= 15 is 0 Å². The first-order valence-corrected chi connectivity index (χ1v) is 4.47. The molecule has 1 amide bonds. The van der Waals surface area contributed by atoms with Gasteiger partial charge in [0.05, 0.1) is 0 Å². The molecule has 4 heteroatoms. The van der Waals surface area contributed by atoms with E-state index in [4.69, 9.17) is 5.73 Å². The quantitative estimate of drug-likeness (QED) is 0.654. The molecule has 0 aliphatic heterocycles. The molecular weight excluding hydrogens is 180 g/mol. The molecule has 14 heavy (non-hydrogen) atoms. The molecule has 1 aromatic carbocycles. The van der Waals surface area contributed by atoms with Crippen LogP contribution in [0.15, 0.2) is 24.3 Å². The van der Waals surface area contributed by atoms with Crippen LogP contribution >= 0.6 is 0 Å². The molecule has 76 valence electrons. The number of benzene rings is 1. The van der Waals surface area contributed by atoms with Crippen molar-refractivity contribution in [2.45, 2.75) is 13.0 Å². The Morgan fingerprint density at radius 2 is 2.21 bits per heavy atom. The monoisotopic (exact) mass is 194 g/mol. The number of likely N-dealkylation sites (N-methyl/N-ethyl adjacent to an activating group) is 1. The minimum atomic E-state index is -0.624. The van der Waals surface area contributed by atoms with Crippen LogP contribution in [0.3, 0.4) is 0 Å². The zero-order valence-electron chi connectivity index (χ0n) is 8.03. The average Bonchev–Trinajstić information content (AvgIpc) is 2.15. The highest BCUT2D eigenvalue weighted by atomic mass is 16.3. The fourth-order valence-corrected chi connectivity index (χ4v) is 1.30. The summed E-state index contributed by atoms with van der Waals surface area (Å²) in [5.41, 5.74) is 5.73. The largest absolute Gasteiger partial charge is 0.508 e. The summed E-state index contributed by atoms with van der Waals surface area (Å²) in [5.74, 6) is -0.411. The number of para-hydroxylation sites is 1. The number of hydrogen-bond acceptors (Lipinski definition) is 3. The van der Waals surface area contributed by atoms with Gasteiger partial charge in [0.25, 0.3) is 0 Å². The average molecular weight is 194 g/mol. The molecule has 0 aliphatic rings. The lowest BCUT2D eigenvalue weighted by Crippen LogP contribution is -2.33. The number of phenolic OH excluding ortho intramolecular Hbond substituents is 1. The molecule has 1 unspecified atom stereocenters. The van der Waals surface area contributed by atoms with Gasteiger partial charge in [-0.15, -0.1) is 0 Å². The number of nitrogens with two attached hydrogens (primary N) is 1. The van der Waals surface area contributed by atoms with E-state index in [2.05, 4.69) is 5.32 Å². The molecule has 0 aliphatic carbocycles. The Hall–Kier alpha value is -1.55. The van der Waals surface area contributed by atoms with E-state index in [1.807, 2.05) is 6.92 Å². The van der Waals surface area contributed by atoms with Crippen LogP contribution in [-0.2, 0) is 4.79 Å². The van der Waals surface area contributed by atoms with Crippen LogP contribution in [0.25, 0.3) is 0 Å². The lowest BCUT2D eigenvalue weighted by molar-refractivity contribution is -0.120. The Bertz CT molecular complexity index is 326. The molecule has 0 radical (unpaired) electrons. The molecule has 0 fully saturated rings. The molecule has 0 aromatic heterocycles. The van der Waals surface area contributed by atoms with Gasteiger partial charge in [-0.1, -0.05) is 25.1 Å². The number of carbonyl (C=O) groups is 1. The van der Waals surface area contributed by atoms with E-state index in [-0.39, 0.29) is 5.75 Å². The van der Waals surface area contributed by atoms with Crippen molar-refractivity contribution in [3.8, 4) is 5.75 Å². The molecule has 0 heterocycles. The van der Waals surface area contributed by atoms with Gasteiger partial charge in [0.15, 0.2) is 0 Å². The molecule has 4 N–H and O–H groups in total. The van der Waals surface area contributed by atoms with E-state index in [0.717, 1.165) is 0 Å². The second-order valence-electron chi connectivity index (χ2n) is 2.95. The van der Waals surface area contributed by atoms with Crippen molar-refractivity contribution in [2.24, 2.45) is 5.73 Å². The summed E-state index contributed by atoms with van der Waals surface area (Å²) in [6.45, 7) is 2.48. The SMILES string of the molecule is CCNC(C(N)=O)c1ccccc1O. The number of primary amides is 1. The number of aromatic hydroxyl groups is 1. The Morgan fingerprint density at radius 1 is 1.57 bits per heavy atom. The second-order valence-corrected chi connectivity index (χ2v) is 2.95. The van der Waals surface area contributed by atoms with Crippen LogP contribution in [0, 0.1) is 0 Å². The summed E-state index contributed by atoms with van der Waals surface area (Å²) in [4.78, 5) is 11.1. The van der Waals surface area contributed by atoms with Crippen molar-refractivity contribution >= 4 is 5.91 Å². The van der Waals surface area contributed by atoms with Crippen molar-refractivity contribution in [1.82, 2.24) is 5.32 Å². The minimum absolute atomic E-state index is 0.0808. The number of phenols is 1. The van der Waals surface area contributed by atoms with Crippen molar-refractivity contribution in [3.63, 3.8) is 0 Å². The summed E-state index contributed by atoms with van der Waals surface area (Å²) in [6.07, 6.45) is 0. The van der Waals surface area contributed by atoms with Gasteiger partial charge >= 0.3 is 0 Å². The van der Waals surface area contributed by atoms with Gasteiger partial charge in [-0.25, -0.2) is 0 Å². The van der Waals surface area contributed by atoms with Gasteiger partial charge in [0, 0.05) is 5.56 Å². The topological polar surface area (TPSA) is 75.3 Å². The highest BCUT2D eigenvalue weighted by molar-refractivity contribution is 5.82. The lowest BCUT2D eigenvalue weighted by Gasteiger charge is -2.15. The second kappa shape index (κ2) is 4.62. The van der Waals surface area contributed by atoms with Crippen molar-refractivity contribution in [2.75, 3.05) is 6.54 Å². The molecule has 1 aromatic rings. The van der Waals surface area contributed by atoms with Gasteiger partial charge in [-0.05, 0) is 12.6 Å². The van der Waals surface area contributed by atoms with Crippen LogP contribution in [0.1, 0.15) is 18.5 Å². The molecule has 0 bridgehead atoms. The number of rotatable bonds is 4. The van der Waals surface area contributed by atoms with Gasteiger partial charge in [0.2, 0.25) is 5.91 Å². The predicted octanol–water partition coefficient (Wildman–Crippen LogP) is 0.528. The number of hydrogen-bond donors (Lipinski definition) is 3. The zero-order chi connectivity index (χ0) is 10.6. The molecule has 0 spiro atoms. The van der Waals surface area contributed by atoms with Crippen molar-refractivity contribution < 1.29 is 9.90 Å². The number of carbonyl (C=O) groups excluding carboxylic acids is 1. The fourth-order valence-electron chi connectivity index (χ4n) is 1.30. The summed E-state index contributed by atoms with van der Waals surface area (Å²) in [5, 5.41) is 12.4. The third kappa shape index (κ3) is 2.23. The van der Waals surface area contributed by atoms with Crippen LogP contribution in [0.2, 0.25) is 0 Å². The molecule has 1 rings (SSSR count). The van der Waals surface area contributed by atoms with Gasteiger partial charge in [0.1, 0.15) is 11.8 Å². The summed E-state index contributed by atoms with van der Waals surface area (Å²) in [6, 6.07) is 6.03. The normalized spacial score (nSPS) is 12.4. The Balaban J connectivity index is 2.99. The van der Waals surface area contributed by atoms with Gasteiger partial charge in [-0.2, -0.15) is 0 Å². The molecule has 0 saturated heterocycles. The molecule has 0 saturated carbocycles.